The van der Waals surface area contributed by atoms with Crippen molar-refractivity contribution in [3.05, 3.63) is 76.3 Å². The molecule has 0 radical (unpaired) electrons. The van der Waals surface area contributed by atoms with Crippen molar-refractivity contribution in [3.8, 4) is 5.69 Å². The molecule has 0 aliphatic carbocycles. The van der Waals surface area contributed by atoms with Crippen LogP contribution in [0.2, 0.25) is 5.02 Å². The molecule has 1 aliphatic heterocycles. The van der Waals surface area contributed by atoms with E-state index < -0.39 is 5.79 Å². The number of hydrogen-bond donors (Lipinski definition) is 0. The van der Waals surface area contributed by atoms with Gasteiger partial charge in [-0.2, -0.15) is 5.10 Å². The predicted octanol–water partition coefficient (Wildman–Crippen LogP) is 5.79. The lowest BCUT2D eigenvalue weighted by molar-refractivity contribution is -0.139. The highest BCUT2D eigenvalue weighted by atomic mass is 35.5. The summed E-state index contributed by atoms with van der Waals surface area (Å²) < 4.78 is 13.4. The van der Waals surface area contributed by atoms with E-state index in [0.29, 0.717) is 30.9 Å². The summed E-state index contributed by atoms with van der Waals surface area (Å²) in [4.78, 5) is 17.3. The molecule has 4 rings (SSSR count). The number of aromatic nitrogens is 3. The molecule has 1 unspecified atom stereocenters. The van der Waals surface area contributed by atoms with Gasteiger partial charge in [0.25, 0.3) is 0 Å². The molecule has 2 aromatic heterocycles. The van der Waals surface area contributed by atoms with E-state index in [9.17, 15) is 4.79 Å². The van der Waals surface area contributed by atoms with Gasteiger partial charge in [-0.1, -0.05) is 44.5 Å². The van der Waals surface area contributed by atoms with E-state index in [4.69, 9.17) is 26.2 Å². The molecule has 0 N–H and O–H groups in total. The van der Waals surface area contributed by atoms with Gasteiger partial charge < -0.3 is 9.47 Å². The van der Waals surface area contributed by atoms with Gasteiger partial charge in [0.15, 0.2) is 5.79 Å². The van der Waals surface area contributed by atoms with E-state index in [-0.39, 0.29) is 17.3 Å². The quantitative estimate of drug-likeness (QED) is 0.427. The zero-order chi connectivity index (χ0) is 24.5. The number of nitrogens with zero attached hydrogens (tertiary/aromatic N) is 3. The number of hydrogen-bond acceptors (Lipinski definition) is 5. The van der Waals surface area contributed by atoms with Gasteiger partial charge in [0, 0.05) is 35.2 Å². The second-order valence-corrected chi connectivity index (χ2v) is 10.7. The van der Waals surface area contributed by atoms with Crippen molar-refractivity contribution in [3.63, 3.8) is 0 Å². The maximum Gasteiger partial charge on any atom is 0.163 e. The minimum absolute atomic E-state index is 0.0979. The molecular weight excluding hydrogens is 450 g/mol. The Hall–Kier alpha value is -2.54. The molecular formula is C27H32ClN3O3. The number of Topliss-reactive ketones (excluding diaryl/α,β-unsaturated/α-hetero) is 1. The van der Waals surface area contributed by atoms with Crippen LogP contribution in [0.5, 0.6) is 0 Å². The fourth-order valence-electron chi connectivity index (χ4n) is 3.94. The highest BCUT2D eigenvalue weighted by Gasteiger charge is 2.34. The number of pyridine rings is 1. The van der Waals surface area contributed by atoms with Crippen LogP contribution in [0.3, 0.4) is 0 Å². The maximum atomic E-state index is 12.8. The highest BCUT2D eigenvalue weighted by Crippen LogP contribution is 2.32. The molecule has 1 aromatic carbocycles. The summed E-state index contributed by atoms with van der Waals surface area (Å²) in [5.74, 6) is -0.432. The summed E-state index contributed by atoms with van der Waals surface area (Å²) in [7, 11) is 0. The van der Waals surface area contributed by atoms with E-state index in [1.165, 1.54) is 0 Å². The van der Waals surface area contributed by atoms with Crippen LogP contribution in [0.25, 0.3) is 5.69 Å². The van der Waals surface area contributed by atoms with E-state index >= 15 is 0 Å². The number of halogens is 1. The lowest BCUT2D eigenvalue weighted by Crippen LogP contribution is -2.19. The molecule has 3 aromatic rings. The Morgan fingerprint density at radius 1 is 1.21 bits per heavy atom. The molecule has 1 atom stereocenters. The minimum atomic E-state index is -0.592. The number of carbonyl (C=O) groups is 1. The molecule has 1 fully saturated rings. The number of ketones is 1. The van der Waals surface area contributed by atoms with Gasteiger partial charge in [-0.15, -0.1) is 0 Å². The van der Waals surface area contributed by atoms with Crippen molar-refractivity contribution in [1.82, 2.24) is 14.8 Å². The van der Waals surface area contributed by atoms with Gasteiger partial charge >= 0.3 is 0 Å². The van der Waals surface area contributed by atoms with Crippen LogP contribution >= 0.6 is 11.6 Å². The third kappa shape index (κ3) is 5.93. The number of ether oxygens (including phenoxy) is 2. The molecule has 1 saturated heterocycles. The summed E-state index contributed by atoms with van der Waals surface area (Å²) in [6.45, 7) is 10.7. The third-order valence-electron chi connectivity index (χ3n) is 5.85. The monoisotopic (exact) mass is 481 g/mol. The van der Waals surface area contributed by atoms with E-state index in [1.54, 1.807) is 6.20 Å². The molecule has 0 amide bonds. The molecule has 7 heteroatoms. The Kier molecular flexibility index (Phi) is 6.94. The van der Waals surface area contributed by atoms with Crippen molar-refractivity contribution in [2.45, 2.75) is 71.2 Å². The average Bonchev–Trinajstić information content (AvgIpc) is 3.36. The second-order valence-electron chi connectivity index (χ2n) is 10.3. The number of rotatable bonds is 7. The zero-order valence-electron chi connectivity index (χ0n) is 20.5. The normalized spacial score (nSPS) is 17.8. The van der Waals surface area contributed by atoms with E-state index in [2.05, 4.69) is 31.8 Å². The Bertz CT molecular complexity index is 1160. The minimum Gasteiger partial charge on any atom is -0.347 e. The molecule has 0 spiro atoms. The Morgan fingerprint density at radius 2 is 2.00 bits per heavy atom. The average molecular weight is 482 g/mol. The lowest BCUT2D eigenvalue weighted by atomic mass is 9.92. The largest absolute Gasteiger partial charge is 0.347 e. The first kappa shape index (κ1) is 24.6. The van der Waals surface area contributed by atoms with Crippen LogP contribution in [0, 0.1) is 0 Å². The molecule has 34 heavy (non-hydrogen) atoms. The number of benzene rings is 1. The van der Waals surface area contributed by atoms with Crippen LogP contribution in [0.1, 0.15) is 69.8 Å². The highest BCUT2D eigenvalue weighted by molar-refractivity contribution is 6.30. The van der Waals surface area contributed by atoms with E-state index in [1.807, 2.05) is 54.9 Å². The fourth-order valence-corrected chi connectivity index (χ4v) is 4.13. The summed E-state index contributed by atoms with van der Waals surface area (Å²) >= 11 is 6.21. The van der Waals surface area contributed by atoms with Gasteiger partial charge in [0.1, 0.15) is 11.9 Å². The first-order valence-electron chi connectivity index (χ1n) is 11.6. The standard InChI is InChI=1S/C27H32ClN3O3/c1-26(2,3)25-15-21(31(30-25)20-8-6-7-19(28)14-20)10-11-22(32)13-18-9-12-23(29-16-18)24-17-33-27(4,5)34-24/h6-9,12,14-16,24H,10-11,13,17H2,1-5H3. The van der Waals surface area contributed by atoms with Gasteiger partial charge in [-0.25, -0.2) is 4.68 Å². The predicted molar refractivity (Wildman–Crippen MR) is 132 cm³/mol. The van der Waals surface area contributed by atoms with Crippen molar-refractivity contribution in [1.29, 1.82) is 0 Å². The summed E-state index contributed by atoms with van der Waals surface area (Å²) in [6, 6.07) is 13.6. The number of aryl methyl sites for hydroxylation is 1. The van der Waals surface area contributed by atoms with Crippen molar-refractivity contribution < 1.29 is 14.3 Å². The molecule has 0 saturated carbocycles. The Balaban J connectivity index is 1.42. The van der Waals surface area contributed by atoms with E-state index in [0.717, 1.165) is 28.3 Å². The van der Waals surface area contributed by atoms with Gasteiger partial charge in [0.05, 0.1) is 23.7 Å². The molecule has 1 aliphatic rings. The second kappa shape index (κ2) is 9.61. The van der Waals surface area contributed by atoms with Crippen molar-refractivity contribution >= 4 is 17.4 Å². The number of carbonyl (C=O) groups excluding carboxylic acids is 1. The SMILES string of the molecule is CC1(C)OCC(c2ccc(CC(=O)CCc3cc(C(C)(C)C)nn3-c3cccc(Cl)c3)cn2)O1. The first-order valence-corrected chi connectivity index (χ1v) is 12.0. The fraction of sp³-hybridized carbons (Fsp3) is 0.444. The zero-order valence-corrected chi connectivity index (χ0v) is 21.2. The van der Waals surface area contributed by atoms with Crippen LogP contribution < -0.4 is 0 Å². The van der Waals surface area contributed by atoms with Gasteiger partial charge in [0.2, 0.25) is 0 Å². The topological polar surface area (TPSA) is 66.2 Å². The molecule has 6 nitrogen and oxygen atoms in total. The summed E-state index contributed by atoms with van der Waals surface area (Å²) in [5.41, 5.74) is 4.49. The smallest absolute Gasteiger partial charge is 0.163 e. The van der Waals surface area contributed by atoms with Crippen molar-refractivity contribution in [2.24, 2.45) is 0 Å². The Labute approximate surface area is 206 Å². The Morgan fingerprint density at radius 3 is 2.62 bits per heavy atom. The maximum absolute atomic E-state index is 12.8. The lowest BCUT2D eigenvalue weighted by Gasteiger charge is -2.16. The molecule has 3 heterocycles. The first-order chi connectivity index (χ1) is 16.0. The van der Waals surface area contributed by atoms with Crippen molar-refractivity contribution in [2.75, 3.05) is 6.61 Å². The summed E-state index contributed by atoms with van der Waals surface area (Å²) in [6.07, 6.45) is 2.95. The van der Waals surface area contributed by atoms with Gasteiger partial charge in [-0.05, 0) is 56.2 Å². The van der Waals surface area contributed by atoms with Crippen LogP contribution in [-0.4, -0.2) is 32.9 Å². The van der Waals surface area contributed by atoms with Crippen LogP contribution in [0.15, 0.2) is 48.7 Å². The summed E-state index contributed by atoms with van der Waals surface area (Å²) in [5, 5.41) is 5.48. The van der Waals surface area contributed by atoms with Crippen LogP contribution in [0.4, 0.5) is 0 Å². The molecule has 0 bridgehead atoms. The van der Waals surface area contributed by atoms with Gasteiger partial charge in [-0.3, -0.25) is 9.78 Å². The molecule has 180 valence electrons. The third-order valence-corrected chi connectivity index (χ3v) is 6.09. The van der Waals surface area contributed by atoms with Crippen LogP contribution in [-0.2, 0) is 32.5 Å².